The average molecular weight is 477 g/mol. The van der Waals surface area contributed by atoms with E-state index in [1.807, 2.05) is 36.4 Å². The van der Waals surface area contributed by atoms with Crippen molar-refractivity contribution in [2.75, 3.05) is 31.1 Å². The zero-order valence-electron chi connectivity index (χ0n) is 19.4. The zero-order valence-corrected chi connectivity index (χ0v) is 20.2. The van der Waals surface area contributed by atoms with Gasteiger partial charge < -0.3 is 19.7 Å². The number of aromatic nitrogens is 2. The average Bonchev–Trinajstić information content (AvgIpc) is 3.47. The first kappa shape index (κ1) is 21.4. The van der Waals surface area contributed by atoms with Crippen molar-refractivity contribution >= 4 is 22.4 Å². The van der Waals surface area contributed by atoms with E-state index in [-0.39, 0.29) is 17.2 Å². The Morgan fingerprint density at radius 2 is 2.06 bits per heavy atom. The lowest BCUT2D eigenvalue weighted by Crippen LogP contribution is -2.48. The molecular formula is C26H28N4O3S. The molecule has 2 aromatic carbocycles. The van der Waals surface area contributed by atoms with Gasteiger partial charge in [0.05, 0.1) is 6.61 Å². The van der Waals surface area contributed by atoms with Crippen LogP contribution in [0.1, 0.15) is 48.2 Å². The number of nitrogens with one attached hydrogen (secondary N) is 1. The summed E-state index contributed by atoms with van der Waals surface area (Å²) < 4.78 is 12.7. The topological polar surface area (TPSA) is 76.6 Å². The molecule has 3 aromatic rings. The SMILES string of the molecule is CC(C)c1nnc(N2C[C@@H]3c4cccc5c4OC[C@]3(CNC(=O)CCc3cccc(c3)O5)C2)s1. The largest absolute Gasteiger partial charge is 0.489 e. The third-order valence-corrected chi connectivity index (χ3v) is 8.42. The monoisotopic (exact) mass is 476 g/mol. The van der Waals surface area contributed by atoms with E-state index in [1.165, 1.54) is 0 Å². The number of carbonyl (C=O) groups excluding carboxylic acids is 1. The van der Waals surface area contributed by atoms with E-state index in [0.717, 1.165) is 51.6 Å². The van der Waals surface area contributed by atoms with E-state index in [0.29, 0.717) is 31.9 Å². The van der Waals surface area contributed by atoms with E-state index in [9.17, 15) is 4.79 Å². The maximum atomic E-state index is 12.8. The lowest BCUT2D eigenvalue weighted by Gasteiger charge is -2.39. The predicted molar refractivity (Wildman–Crippen MR) is 131 cm³/mol. The van der Waals surface area contributed by atoms with Gasteiger partial charge >= 0.3 is 0 Å². The highest BCUT2D eigenvalue weighted by Gasteiger charge is 2.52. The van der Waals surface area contributed by atoms with Crippen molar-refractivity contribution in [3.63, 3.8) is 0 Å². The molecule has 0 unspecified atom stereocenters. The second-order valence-corrected chi connectivity index (χ2v) is 10.8. The molecule has 176 valence electrons. The zero-order chi connectivity index (χ0) is 23.3. The number of anilines is 1. The first-order chi connectivity index (χ1) is 16.5. The molecule has 4 bridgehead atoms. The van der Waals surface area contributed by atoms with Gasteiger partial charge in [0.25, 0.3) is 0 Å². The molecular weight excluding hydrogens is 448 g/mol. The Labute approximate surface area is 203 Å². The van der Waals surface area contributed by atoms with Crippen LogP contribution in [-0.4, -0.2) is 42.3 Å². The van der Waals surface area contributed by atoms with E-state index in [1.54, 1.807) is 11.3 Å². The fraction of sp³-hybridized carbons (Fsp3) is 0.423. The smallest absolute Gasteiger partial charge is 0.220 e. The number of nitrogens with zero attached hydrogens (tertiary/aromatic N) is 3. The maximum absolute atomic E-state index is 12.8. The normalized spacial score (nSPS) is 23.7. The minimum Gasteiger partial charge on any atom is -0.489 e. The number of benzene rings is 2. The Bertz CT molecular complexity index is 1240. The molecule has 1 amide bonds. The van der Waals surface area contributed by atoms with Crippen molar-refractivity contribution in [2.24, 2.45) is 5.41 Å². The third-order valence-electron chi connectivity index (χ3n) is 7.14. The molecule has 1 saturated heterocycles. The van der Waals surface area contributed by atoms with Crippen LogP contribution in [0.2, 0.25) is 0 Å². The lowest BCUT2D eigenvalue weighted by molar-refractivity contribution is -0.121. The Balaban J connectivity index is 1.41. The molecule has 1 fully saturated rings. The fourth-order valence-electron chi connectivity index (χ4n) is 5.28. The first-order valence-corrected chi connectivity index (χ1v) is 12.7. The van der Waals surface area contributed by atoms with Gasteiger partial charge in [-0.3, -0.25) is 4.79 Å². The minimum atomic E-state index is -0.247. The summed E-state index contributed by atoms with van der Waals surface area (Å²) in [6, 6.07) is 14.1. The van der Waals surface area contributed by atoms with Crippen LogP contribution in [0.25, 0.3) is 0 Å². The van der Waals surface area contributed by atoms with Crippen molar-refractivity contribution in [3.8, 4) is 17.2 Å². The summed E-state index contributed by atoms with van der Waals surface area (Å²) in [4.78, 5) is 15.1. The summed E-state index contributed by atoms with van der Waals surface area (Å²) in [7, 11) is 0. The summed E-state index contributed by atoms with van der Waals surface area (Å²) in [5, 5.41) is 14.1. The van der Waals surface area contributed by atoms with Crippen molar-refractivity contribution < 1.29 is 14.3 Å². The van der Waals surface area contributed by atoms with Crippen molar-refractivity contribution in [1.82, 2.24) is 15.5 Å². The number of aryl methyl sites for hydroxylation is 1. The van der Waals surface area contributed by atoms with Gasteiger partial charge in [-0.25, -0.2) is 0 Å². The first-order valence-electron chi connectivity index (χ1n) is 11.9. The number of ether oxygens (including phenoxy) is 2. The Morgan fingerprint density at radius 3 is 2.91 bits per heavy atom. The number of hydrogen-bond donors (Lipinski definition) is 1. The molecule has 2 atom stereocenters. The molecule has 3 aliphatic heterocycles. The van der Waals surface area contributed by atoms with Gasteiger partial charge in [-0.15, -0.1) is 10.2 Å². The van der Waals surface area contributed by atoms with Crippen LogP contribution in [0.15, 0.2) is 42.5 Å². The van der Waals surface area contributed by atoms with Gasteiger partial charge in [0.15, 0.2) is 11.5 Å². The van der Waals surface area contributed by atoms with Crippen LogP contribution in [0.5, 0.6) is 17.2 Å². The van der Waals surface area contributed by atoms with E-state index in [4.69, 9.17) is 9.47 Å². The maximum Gasteiger partial charge on any atom is 0.220 e. The summed E-state index contributed by atoms with van der Waals surface area (Å²) in [5.74, 6) is 2.89. The van der Waals surface area contributed by atoms with Crippen molar-refractivity contribution in [2.45, 2.75) is 38.5 Å². The number of rotatable bonds is 2. The number of hydrogen-bond acceptors (Lipinski definition) is 7. The Kier molecular flexibility index (Phi) is 5.21. The summed E-state index contributed by atoms with van der Waals surface area (Å²) in [5.41, 5.74) is 1.96. The van der Waals surface area contributed by atoms with Crippen LogP contribution >= 0.6 is 11.3 Å². The van der Waals surface area contributed by atoms with Crippen LogP contribution in [0.4, 0.5) is 5.13 Å². The van der Waals surface area contributed by atoms with Gasteiger partial charge in [0, 0.05) is 48.9 Å². The second kappa shape index (κ2) is 8.27. The lowest BCUT2D eigenvalue weighted by atomic mass is 9.73. The summed E-state index contributed by atoms with van der Waals surface area (Å²) in [6.45, 7) is 6.91. The van der Waals surface area contributed by atoms with Crippen LogP contribution in [0.3, 0.4) is 0 Å². The Hall–Kier alpha value is -3.13. The highest BCUT2D eigenvalue weighted by atomic mass is 32.1. The van der Waals surface area contributed by atoms with E-state index >= 15 is 0 Å². The molecule has 1 N–H and O–H groups in total. The van der Waals surface area contributed by atoms with Crippen LogP contribution < -0.4 is 19.7 Å². The van der Waals surface area contributed by atoms with Crippen LogP contribution in [0, 0.1) is 5.41 Å². The Morgan fingerprint density at radius 1 is 1.18 bits per heavy atom. The molecule has 0 radical (unpaired) electrons. The van der Waals surface area contributed by atoms with Gasteiger partial charge in [-0.2, -0.15) is 0 Å². The van der Waals surface area contributed by atoms with Crippen molar-refractivity contribution in [1.29, 1.82) is 0 Å². The van der Waals surface area contributed by atoms with Gasteiger partial charge in [0.1, 0.15) is 10.8 Å². The molecule has 0 aliphatic carbocycles. The molecule has 7 nitrogen and oxygen atoms in total. The van der Waals surface area contributed by atoms with E-state index < -0.39 is 0 Å². The van der Waals surface area contributed by atoms with Gasteiger partial charge in [-0.05, 0) is 30.2 Å². The van der Waals surface area contributed by atoms with Gasteiger partial charge in [0.2, 0.25) is 11.0 Å². The third kappa shape index (κ3) is 3.70. The fourth-order valence-corrected chi connectivity index (χ4v) is 6.13. The molecule has 0 saturated carbocycles. The number of para-hydroxylation sites is 1. The molecule has 34 heavy (non-hydrogen) atoms. The molecule has 1 aromatic heterocycles. The standard InChI is InChI=1S/C26H28N4O3S/c1-16(2)24-28-29-25(34-24)30-12-20-19-7-4-8-21-23(19)32-15-26(20,14-30)13-27-22(31)10-9-17-5-3-6-18(11-17)33-21/h3-8,11,16,20H,9-10,12-15H2,1-2H3,(H,27,31)/t20-,26+/m1/s1. The summed E-state index contributed by atoms with van der Waals surface area (Å²) in [6.07, 6.45) is 1.12. The number of fused-ring (bicyclic) bond motifs is 4. The molecule has 3 aliphatic rings. The molecule has 1 spiro atoms. The number of amides is 1. The summed E-state index contributed by atoms with van der Waals surface area (Å²) >= 11 is 1.66. The van der Waals surface area contributed by atoms with Crippen LogP contribution in [-0.2, 0) is 11.2 Å². The molecule has 6 rings (SSSR count). The molecule has 4 heterocycles. The minimum absolute atomic E-state index is 0.0625. The second-order valence-electron chi connectivity index (χ2n) is 9.86. The highest BCUT2D eigenvalue weighted by Crippen LogP contribution is 2.53. The van der Waals surface area contributed by atoms with Crippen molar-refractivity contribution in [3.05, 3.63) is 58.6 Å². The van der Waals surface area contributed by atoms with Gasteiger partial charge in [-0.1, -0.05) is 49.4 Å². The van der Waals surface area contributed by atoms with E-state index in [2.05, 4.69) is 40.3 Å². The number of carbonyl (C=O) groups is 1. The highest BCUT2D eigenvalue weighted by molar-refractivity contribution is 7.15. The predicted octanol–water partition coefficient (Wildman–Crippen LogP) is 4.50. The quantitative estimate of drug-likeness (QED) is 0.587. The molecule has 8 heteroatoms.